The lowest BCUT2D eigenvalue weighted by Gasteiger charge is -2.40. The molecule has 8 bridgehead atoms. The third-order valence-corrected chi connectivity index (χ3v) is 19.2. The highest BCUT2D eigenvalue weighted by Gasteiger charge is 2.57. The van der Waals surface area contributed by atoms with Crippen molar-refractivity contribution in [1.82, 2.24) is 42.5 Å². The number of rotatable bonds is 12. The molecule has 12 nitrogen and oxygen atoms in total. The highest BCUT2D eigenvalue weighted by Crippen LogP contribution is 2.47. The quantitative estimate of drug-likeness (QED) is 0.0721. The summed E-state index contributed by atoms with van der Waals surface area (Å²) < 4.78 is 27.4. The van der Waals surface area contributed by atoms with Crippen molar-refractivity contribution in [2.45, 2.75) is 177 Å². The third kappa shape index (κ3) is 10.4. The molecule has 384 valence electrons. The zero-order chi connectivity index (χ0) is 47.8. The van der Waals surface area contributed by atoms with E-state index in [0.717, 1.165) is 64.2 Å². The molecular weight excluding hydrogens is 897 g/mol. The largest absolute Gasteiger partial charge is 0.374 e. The van der Waals surface area contributed by atoms with Gasteiger partial charge >= 0.3 is 0 Å². The molecule has 13 rings (SSSR count). The summed E-state index contributed by atoms with van der Waals surface area (Å²) in [6.07, 6.45) is 15.2. The van der Waals surface area contributed by atoms with Crippen molar-refractivity contribution < 1.29 is 18.9 Å². The Morgan fingerprint density at radius 3 is 0.958 bits per heavy atom. The molecule has 4 aliphatic carbocycles. The fourth-order valence-electron chi connectivity index (χ4n) is 15.7. The average Bonchev–Trinajstić information content (AvgIpc) is 4.17. The fraction of sp³-hybridized carbons (Fsp3) is 0.600. The van der Waals surface area contributed by atoms with E-state index in [0.29, 0.717) is 73.8 Å². The van der Waals surface area contributed by atoms with E-state index < -0.39 is 0 Å². The zero-order valence-electron chi connectivity index (χ0n) is 42.0. The highest BCUT2D eigenvalue weighted by molar-refractivity contribution is 5.17. The molecule has 4 saturated carbocycles. The maximum atomic E-state index is 7.06. The van der Waals surface area contributed by atoms with E-state index in [9.17, 15) is 0 Å². The second-order valence-corrected chi connectivity index (χ2v) is 23.3. The molecule has 4 aromatic carbocycles. The van der Waals surface area contributed by atoms with Crippen molar-refractivity contribution >= 4 is 0 Å². The number of ether oxygens (including phenoxy) is 4. The molecule has 0 radical (unpaired) electrons. The summed E-state index contributed by atoms with van der Waals surface area (Å²) >= 11 is 0. The summed E-state index contributed by atoms with van der Waals surface area (Å²) in [5.41, 5.74) is 4.99. The Balaban J connectivity index is 0.805. The summed E-state index contributed by atoms with van der Waals surface area (Å²) in [5, 5.41) is 34.7. The number of hydrogen-bond acceptors (Lipinski definition) is 12. The van der Waals surface area contributed by atoms with Gasteiger partial charge in [-0.2, -0.15) is 0 Å². The van der Waals surface area contributed by atoms with Crippen molar-refractivity contribution in [3.63, 3.8) is 0 Å². The molecule has 5 aliphatic heterocycles. The van der Waals surface area contributed by atoms with Gasteiger partial charge in [0.05, 0.1) is 100 Å². The maximum Gasteiger partial charge on any atom is 0.0720 e. The van der Waals surface area contributed by atoms with Gasteiger partial charge in [-0.25, -0.2) is 0 Å². The number of nitrogens with one attached hydrogen (secondary N) is 8. The van der Waals surface area contributed by atoms with Gasteiger partial charge in [0, 0.05) is 5.92 Å². The first-order valence-electron chi connectivity index (χ1n) is 28.3. The first kappa shape index (κ1) is 48.1. The van der Waals surface area contributed by atoms with Gasteiger partial charge in [0.15, 0.2) is 0 Å². The fourth-order valence-corrected chi connectivity index (χ4v) is 15.7. The van der Waals surface area contributed by atoms with Gasteiger partial charge in [-0.3, -0.25) is 42.5 Å². The Morgan fingerprint density at radius 2 is 0.597 bits per heavy atom. The molecular formula is C60H80N8O4. The maximum absolute atomic E-state index is 7.06. The van der Waals surface area contributed by atoms with Crippen molar-refractivity contribution in [1.29, 1.82) is 0 Å². The number of benzene rings is 4. The van der Waals surface area contributed by atoms with Crippen molar-refractivity contribution in [3.8, 4) is 0 Å². The second kappa shape index (κ2) is 21.9. The second-order valence-electron chi connectivity index (χ2n) is 23.3. The lowest BCUT2D eigenvalue weighted by atomic mass is 9.75. The molecule has 20 atom stereocenters. The van der Waals surface area contributed by atoms with Crippen LogP contribution in [0.15, 0.2) is 121 Å². The first-order chi connectivity index (χ1) is 35.6. The Kier molecular flexibility index (Phi) is 14.6. The SMILES string of the molecule is c1ccc(COC2CCC3C4NC(NC5NC(NC6NC(NC7NC(N4)C4CC(OCc8ccccc8)CCC74)C4C(OCc7ccccc7)CCCC64)C4CC(OCc6ccccc6)CCC54)C3C2)cc1. The third-order valence-electron chi connectivity index (χ3n) is 19.2. The van der Waals surface area contributed by atoms with Gasteiger partial charge in [-0.05, 0) is 134 Å². The Hall–Kier alpha value is -3.60. The Morgan fingerprint density at radius 1 is 0.292 bits per heavy atom. The van der Waals surface area contributed by atoms with Gasteiger partial charge in [0.1, 0.15) is 0 Å². The van der Waals surface area contributed by atoms with Crippen LogP contribution in [0.25, 0.3) is 0 Å². The average molecular weight is 977 g/mol. The number of hydrogen-bond donors (Lipinski definition) is 8. The van der Waals surface area contributed by atoms with Crippen LogP contribution in [0.5, 0.6) is 0 Å². The molecule has 0 spiro atoms. The minimum Gasteiger partial charge on any atom is -0.374 e. The van der Waals surface area contributed by atoms with E-state index in [2.05, 4.69) is 164 Å². The molecule has 12 heteroatoms. The van der Waals surface area contributed by atoms with E-state index in [1.807, 2.05) is 0 Å². The smallest absolute Gasteiger partial charge is 0.0720 e. The van der Waals surface area contributed by atoms with Gasteiger partial charge in [0.25, 0.3) is 0 Å². The van der Waals surface area contributed by atoms with Crippen molar-refractivity contribution in [3.05, 3.63) is 144 Å². The van der Waals surface area contributed by atoms with Crippen LogP contribution >= 0.6 is 0 Å². The predicted molar refractivity (Wildman–Crippen MR) is 279 cm³/mol. The molecule has 0 amide bonds. The van der Waals surface area contributed by atoms with Crippen LogP contribution < -0.4 is 42.5 Å². The van der Waals surface area contributed by atoms with Crippen LogP contribution in [0.2, 0.25) is 0 Å². The summed E-state index contributed by atoms with van der Waals surface area (Å²) in [6, 6.07) is 43.0. The molecule has 8 N–H and O–H groups in total. The van der Waals surface area contributed by atoms with Crippen LogP contribution in [0.3, 0.4) is 0 Å². The van der Waals surface area contributed by atoms with E-state index in [-0.39, 0.29) is 73.7 Å². The molecule has 0 aromatic heterocycles. The van der Waals surface area contributed by atoms with E-state index in [1.54, 1.807) is 0 Å². The predicted octanol–water partition coefficient (Wildman–Crippen LogP) is 7.39. The lowest BCUT2D eigenvalue weighted by Crippen LogP contribution is -2.62. The molecule has 5 saturated heterocycles. The molecule has 5 heterocycles. The van der Waals surface area contributed by atoms with Gasteiger partial charge in [0.2, 0.25) is 0 Å². The topological polar surface area (TPSA) is 133 Å². The minimum atomic E-state index is 0.0920. The molecule has 9 fully saturated rings. The van der Waals surface area contributed by atoms with Crippen LogP contribution in [-0.4, -0.2) is 73.7 Å². The molecule has 20 unspecified atom stereocenters. The Bertz CT molecular complexity index is 2290. The van der Waals surface area contributed by atoms with Crippen LogP contribution in [0.1, 0.15) is 99.3 Å². The summed E-state index contributed by atoms with van der Waals surface area (Å²) in [7, 11) is 0. The molecule has 9 aliphatic rings. The molecule has 4 aromatic rings. The van der Waals surface area contributed by atoms with Crippen LogP contribution in [0, 0.1) is 47.3 Å². The standard InChI is InChI=1S/C60H80N8O4/c1-5-14-37(15-6-1)33-69-41-24-27-44-48(30-41)57-61-53(44)63-58-50-32-43(71-35-39-18-9-3-10-19-39)26-29-46(50)55(65-58)67-60-52-47(22-13-23-51(52)72-36-40-20-11-4-12-21-40)56(68-60)66-59-49-31-42(25-28-45(49)54(62-57)64-59)70-34-38-16-7-2-8-17-38/h1-12,14-21,41-68H,13,22-36H2. The van der Waals surface area contributed by atoms with Crippen molar-refractivity contribution in [2.24, 2.45) is 47.3 Å². The highest BCUT2D eigenvalue weighted by atomic mass is 16.5. The number of fused-ring (bicyclic) bond motifs is 20. The lowest BCUT2D eigenvalue weighted by molar-refractivity contribution is -0.0473. The summed E-state index contributed by atoms with van der Waals surface area (Å²) in [4.78, 5) is 0. The van der Waals surface area contributed by atoms with Gasteiger partial charge < -0.3 is 18.9 Å². The zero-order valence-corrected chi connectivity index (χ0v) is 42.0. The molecule has 72 heavy (non-hydrogen) atoms. The summed E-state index contributed by atoms with van der Waals surface area (Å²) in [5.74, 6) is 3.45. The van der Waals surface area contributed by atoms with Crippen LogP contribution in [0.4, 0.5) is 0 Å². The van der Waals surface area contributed by atoms with E-state index >= 15 is 0 Å². The summed E-state index contributed by atoms with van der Waals surface area (Å²) in [6.45, 7) is 2.64. The van der Waals surface area contributed by atoms with Gasteiger partial charge in [-0.1, -0.05) is 128 Å². The van der Waals surface area contributed by atoms with E-state index in [4.69, 9.17) is 18.9 Å². The van der Waals surface area contributed by atoms with E-state index in [1.165, 1.54) is 35.1 Å². The minimum absolute atomic E-state index is 0.0920. The van der Waals surface area contributed by atoms with Gasteiger partial charge in [-0.15, -0.1) is 0 Å². The first-order valence-corrected chi connectivity index (χ1v) is 28.3. The van der Waals surface area contributed by atoms with Crippen LogP contribution in [-0.2, 0) is 45.4 Å². The Labute approximate surface area is 428 Å². The normalized spacial score (nSPS) is 41.2. The van der Waals surface area contributed by atoms with Crippen molar-refractivity contribution in [2.75, 3.05) is 0 Å². The monoisotopic (exact) mass is 977 g/mol.